The first-order valence-electron chi connectivity index (χ1n) is 19.9. The second-order valence-corrected chi connectivity index (χ2v) is 15.5. The Labute approximate surface area is 332 Å². The fourth-order valence-electron chi connectivity index (χ4n) is 9.91. The van der Waals surface area contributed by atoms with Crippen molar-refractivity contribution in [3.63, 3.8) is 0 Å². The smallest absolute Gasteiger partial charge is 0.136 e. The van der Waals surface area contributed by atoms with Gasteiger partial charge in [-0.05, 0) is 124 Å². The van der Waals surface area contributed by atoms with Crippen molar-refractivity contribution < 1.29 is 8.83 Å². The molecule has 0 spiro atoms. The first kappa shape index (κ1) is 31.5. The molecule has 0 aliphatic rings. The van der Waals surface area contributed by atoms with Crippen molar-refractivity contribution >= 4 is 97.7 Å². The number of hydrogen-bond acceptors (Lipinski definition) is 2. The van der Waals surface area contributed by atoms with Gasteiger partial charge in [-0.1, -0.05) is 158 Å². The molecule has 13 aromatic rings. The monoisotopic (exact) mass is 736 g/mol. The van der Waals surface area contributed by atoms with Crippen LogP contribution >= 0.6 is 0 Å². The molecular formula is C56H32O2. The molecule has 0 aliphatic carbocycles. The minimum atomic E-state index is 0.878. The minimum Gasteiger partial charge on any atom is -0.456 e. The van der Waals surface area contributed by atoms with Crippen molar-refractivity contribution in [2.45, 2.75) is 0 Å². The number of fused-ring (bicyclic) bond motifs is 12. The van der Waals surface area contributed by atoms with Gasteiger partial charge in [0.25, 0.3) is 0 Å². The maximum Gasteiger partial charge on any atom is 0.136 e. The first-order chi connectivity index (χ1) is 28.8. The van der Waals surface area contributed by atoms with E-state index in [2.05, 4.69) is 182 Å². The molecule has 268 valence electrons. The molecule has 2 heteroatoms. The molecule has 2 nitrogen and oxygen atoms in total. The summed E-state index contributed by atoms with van der Waals surface area (Å²) in [4.78, 5) is 0. The largest absolute Gasteiger partial charge is 0.456 e. The van der Waals surface area contributed by atoms with Gasteiger partial charge in [-0.3, -0.25) is 0 Å². The lowest BCUT2D eigenvalue weighted by molar-refractivity contribution is 0.669. The molecule has 13 rings (SSSR count). The fourth-order valence-corrected chi connectivity index (χ4v) is 9.91. The van der Waals surface area contributed by atoms with Gasteiger partial charge in [0.05, 0.1) is 0 Å². The summed E-state index contributed by atoms with van der Waals surface area (Å²) >= 11 is 0. The van der Waals surface area contributed by atoms with E-state index in [1.165, 1.54) is 76.3 Å². The van der Waals surface area contributed by atoms with E-state index in [4.69, 9.17) is 8.83 Å². The molecule has 0 bridgehead atoms. The lowest BCUT2D eigenvalue weighted by atomic mass is 9.83. The molecule has 0 amide bonds. The molecule has 58 heavy (non-hydrogen) atoms. The fraction of sp³-hybridized carbons (Fsp3) is 0. The van der Waals surface area contributed by atoms with E-state index in [1.807, 2.05) is 12.1 Å². The normalized spacial score (nSPS) is 12.1. The highest BCUT2D eigenvalue weighted by atomic mass is 16.3. The summed E-state index contributed by atoms with van der Waals surface area (Å²) in [6, 6.07) is 70.5. The van der Waals surface area contributed by atoms with Crippen LogP contribution in [0.15, 0.2) is 203 Å². The summed E-state index contributed by atoms with van der Waals surface area (Å²) in [5.41, 5.74) is 11.0. The molecule has 0 N–H and O–H groups in total. The number of benzene rings is 11. The molecule has 2 aromatic heterocycles. The van der Waals surface area contributed by atoms with Crippen LogP contribution in [-0.2, 0) is 0 Å². The van der Waals surface area contributed by atoms with Crippen LogP contribution in [0.3, 0.4) is 0 Å². The van der Waals surface area contributed by atoms with Crippen molar-refractivity contribution in [2.24, 2.45) is 0 Å². The number of hydrogen-bond donors (Lipinski definition) is 0. The van der Waals surface area contributed by atoms with Crippen LogP contribution in [0.1, 0.15) is 0 Å². The van der Waals surface area contributed by atoms with E-state index in [9.17, 15) is 0 Å². The van der Waals surface area contributed by atoms with Gasteiger partial charge in [-0.15, -0.1) is 0 Å². The van der Waals surface area contributed by atoms with Crippen molar-refractivity contribution in [3.8, 4) is 33.4 Å². The number of furan rings is 2. The topological polar surface area (TPSA) is 26.3 Å². The Bertz CT molecular complexity index is 3800. The van der Waals surface area contributed by atoms with E-state index in [-0.39, 0.29) is 0 Å². The summed E-state index contributed by atoms with van der Waals surface area (Å²) in [7, 11) is 0. The number of para-hydroxylation sites is 1. The predicted octanol–water partition coefficient (Wildman–Crippen LogP) is 16.3. The third-order valence-electron chi connectivity index (χ3n) is 12.4. The molecule has 0 saturated heterocycles. The van der Waals surface area contributed by atoms with E-state index in [1.54, 1.807) is 0 Å². The molecule has 0 aliphatic heterocycles. The van der Waals surface area contributed by atoms with Crippen LogP contribution in [0.2, 0.25) is 0 Å². The molecule has 0 atom stereocenters. The van der Waals surface area contributed by atoms with Gasteiger partial charge in [0.2, 0.25) is 0 Å². The molecule has 11 aromatic carbocycles. The van der Waals surface area contributed by atoms with Gasteiger partial charge >= 0.3 is 0 Å². The molecule has 0 saturated carbocycles. The zero-order chi connectivity index (χ0) is 37.9. The van der Waals surface area contributed by atoms with Crippen molar-refractivity contribution in [3.05, 3.63) is 194 Å². The summed E-state index contributed by atoms with van der Waals surface area (Å²) in [5.74, 6) is 0. The summed E-state index contributed by atoms with van der Waals surface area (Å²) in [5, 5.41) is 16.8. The van der Waals surface area contributed by atoms with Crippen molar-refractivity contribution in [2.75, 3.05) is 0 Å². The molecule has 2 heterocycles. The summed E-state index contributed by atoms with van der Waals surface area (Å²) < 4.78 is 12.8. The Morgan fingerprint density at radius 3 is 1.50 bits per heavy atom. The van der Waals surface area contributed by atoms with Gasteiger partial charge in [-0.2, -0.15) is 0 Å². The predicted molar refractivity (Wildman–Crippen MR) is 245 cm³/mol. The average molecular weight is 737 g/mol. The highest BCUT2D eigenvalue weighted by molar-refractivity contribution is 6.26. The van der Waals surface area contributed by atoms with Crippen LogP contribution in [0, 0.1) is 0 Å². The zero-order valence-corrected chi connectivity index (χ0v) is 31.3. The molecule has 0 unspecified atom stereocenters. The Morgan fingerprint density at radius 1 is 0.241 bits per heavy atom. The van der Waals surface area contributed by atoms with Gasteiger partial charge in [0.15, 0.2) is 0 Å². The number of rotatable bonds is 3. The minimum absolute atomic E-state index is 0.878. The van der Waals surface area contributed by atoms with Crippen molar-refractivity contribution in [1.29, 1.82) is 0 Å². The van der Waals surface area contributed by atoms with Gasteiger partial charge < -0.3 is 8.83 Å². The highest BCUT2D eigenvalue weighted by Crippen LogP contribution is 2.48. The van der Waals surface area contributed by atoms with E-state index in [0.717, 1.165) is 54.8 Å². The molecule has 0 fully saturated rings. The summed E-state index contributed by atoms with van der Waals surface area (Å²) in [6.45, 7) is 0. The average Bonchev–Trinajstić information content (AvgIpc) is 3.85. The van der Waals surface area contributed by atoms with Crippen LogP contribution < -0.4 is 0 Å². The van der Waals surface area contributed by atoms with Crippen LogP contribution in [0.5, 0.6) is 0 Å². The Balaban J connectivity index is 1.02. The van der Waals surface area contributed by atoms with E-state index in [0.29, 0.717) is 0 Å². The lowest BCUT2D eigenvalue weighted by Crippen LogP contribution is -1.93. The maximum absolute atomic E-state index is 6.57. The Morgan fingerprint density at radius 2 is 0.759 bits per heavy atom. The maximum atomic E-state index is 6.57. The van der Waals surface area contributed by atoms with Crippen LogP contribution in [0.4, 0.5) is 0 Å². The highest BCUT2D eigenvalue weighted by Gasteiger charge is 2.21. The SMILES string of the molecule is c1ccc2c(-c3c4ccccc4c(-c4ccc(-c5ccc6oc7cc8c(ccc9oc%10ccccc%10c98)cc7c6c5)c5ccccc45)c4ccccc34)cccc2c1. The Kier molecular flexibility index (Phi) is 6.47. The standard InChI is InChI=1S/C56H32O2/c1-2-14-36-33(12-1)13-11-22-40(36)54-41-17-5-7-19-43(41)55(44-20-8-6-18-42(44)54)45-27-26-37(38-15-3-4-16-39(38)45)34-24-28-51-48(30-34)49-31-35-25-29-52-56(47(35)32-53(49)58-51)46-21-9-10-23-50(46)57-52/h1-32H. The Hall–Kier alpha value is -7.68. The van der Waals surface area contributed by atoms with E-state index >= 15 is 0 Å². The van der Waals surface area contributed by atoms with Crippen LogP contribution in [-0.4, -0.2) is 0 Å². The summed E-state index contributed by atoms with van der Waals surface area (Å²) in [6.07, 6.45) is 0. The third-order valence-corrected chi connectivity index (χ3v) is 12.4. The van der Waals surface area contributed by atoms with Crippen LogP contribution in [0.25, 0.3) is 131 Å². The quantitative estimate of drug-likeness (QED) is 0.169. The molecule has 0 radical (unpaired) electrons. The van der Waals surface area contributed by atoms with Crippen molar-refractivity contribution in [1.82, 2.24) is 0 Å². The zero-order valence-electron chi connectivity index (χ0n) is 31.3. The second-order valence-electron chi connectivity index (χ2n) is 15.5. The lowest BCUT2D eigenvalue weighted by Gasteiger charge is -2.20. The van der Waals surface area contributed by atoms with E-state index < -0.39 is 0 Å². The van der Waals surface area contributed by atoms with Gasteiger partial charge in [0, 0.05) is 21.5 Å². The van der Waals surface area contributed by atoms with Gasteiger partial charge in [-0.25, -0.2) is 0 Å². The molecular weight excluding hydrogens is 705 g/mol. The van der Waals surface area contributed by atoms with Gasteiger partial charge in [0.1, 0.15) is 22.3 Å². The third kappa shape index (κ3) is 4.43. The first-order valence-corrected chi connectivity index (χ1v) is 19.9. The second kappa shape index (κ2) is 11.9.